The second kappa shape index (κ2) is 11.4. The molecule has 28 heavy (non-hydrogen) atoms. The van der Waals surface area contributed by atoms with Crippen molar-refractivity contribution in [1.29, 1.82) is 0 Å². The van der Waals surface area contributed by atoms with Crippen molar-refractivity contribution in [3.63, 3.8) is 0 Å². The molecule has 150 valence electrons. The minimum absolute atomic E-state index is 0.0461. The molecule has 4 nitrogen and oxygen atoms in total. The Hall–Kier alpha value is -1.59. The van der Waals surface area contributed by atoms with E-state index in [0.717, 1.165) is 11.1 Å². The van der Waals surface area contributed by atoms with Crippen molar-refractivity contribution in [2.24, 2.45) is 5.16 Å². The van der Waals surface area contributed by atoms with Gasteiger partial charge in [0.2, 0.25) is 0 Å². The molecule has 0 radical (unpaired) electrons. The molecule has 0 aliphatic heterocycles. The highest BCUT2D eigenvalue weighted by Crippen LogP contribution is 2.37. The lowest BCUT2D eigenvalue weighted by Crippen LogP contribution is -1.99. The van der Waals surface area contributed by atoms with Gasteiger partial charge in [0.05, 0.1) is 16.3 Å². The Morgan fingerprint density at radius 2 is 1.68 bits per heavy atom. The molecule has 0 saturated heterocycles. The van der Waals surface area contributed by atoms with Crippen molar-refractivity contribution >= 4 is 52.6 Å². The fourth-order valence-electron chi connectivity index (χ4n) is 2.03. The molecule has 0 amide bonds. The molecule has 0 atom stereocenters. The van der Waals surface area contributed by atoms with Gasteiger partial charge in [-0.1, -0.05) is 75.8 Å². The topological polar surface area (TPSA) is 40.0 Å². The monoisotopic (exact) mass is 461 g/mol. The van der Waals surface area contributed by atoms with Crippen LogP contribution in [0.5, 0.6) is 11.5 Å². The molecule has 0 N–H and O–H groups in total. The van der Waals surface area contributed by atoms with Crippen molar-refractivity contribution in [3.8, 4) is 11.5 Å². The Balaban J connectivity index is 1.96. The van der Waals surface area contributed by atoms with E-state index in [1.54, 1.807) is 18.3 Å². The van der Waals surface area contributed by atoms with Crippen LogP contribution < -0.4 is 9.47 Å². The number of ether oxygens (including phenoxy) is 2. The molecule has 0 bridgehead atoms. The van der Waals surface area contributed by atoms with Gasteiger partial charge >= 0.3 is 0 Å². The molecule has 0 spiro atoms. The van der Waals surface area contributed by atoms with Gasteiger partial charge in [-0.15, -0.1) is 0 Å². The molecule has 2 aromatic rings. The fourth-order valence-corrected chi connectivity index (χ4v) is 2.73. The van der Waals surface area contributed by atoms with Crippen LogP contribution >= 0.6 is 46.4 Å². The average Bonchev–Trinajstić information content (AvgIpc) is 2.61. The van der Waals surface area contributed by atoms with Gasteiger partial charge < -0.3 is 14.3 Å². The van der Waals surface area contributed by atoms with Crippen LogP contribution in [0, 0.1) is 0 Å². The summed E-state index contributed by atoms with van der Waals surface area (Å²) in [5.41, 5.74) is 1.88. The summed E-state index contributed by atoms with van der Waals surface area (Å²) < 4.78 is 11.4. The third-order valence-corrected chi connectivity index (χ3v) is 4.17. The highest BCUT2D eigenvalue weighted by Gasteiger charge is 2.11. The van der Waals surface area contributed by atoms with E-state index in [0.29, 0.717) is 28.2 Å². The van der Waals surface area contributed by atoms with Crippen molar-refractivity contribution in [1.82, 2.24) is 0 Å². The average molecular weight is 463 g/mol. The summed E-state index contributed by atoms with van der Waals surface area (Å²) in [6, 6.07) is 10.9. The predicted molar refractivity (Wildman–Crippen MR) is 116 cm³/mol. The van der Waals surface area contributed by atoms with Gasteiger partial charge in [-0.05, 0) is 31.1 Å². The summed E-state index contributed by atoms with van der Waals surface area (Å²) in [5.74, 6) is 0.873. The molecule has 0 unspecified atom stereocenters. The Bertz CT molecular complexity index is 809. The van der Waals surface area contributed by atoms with Crippen LogP contribution in [0.15, 0.2) is 52.1 Å². The van der Waals surface area contributed by atoms with Gasteiger partial charge in [0.1, 0.15) is 29.6 Å². The number of halogens is 4. The molecule has 0 saturated carbocycles. The zero-order valence-corrected chi connectivity index (χ0v) is 18.3. The number of rotatable bonds is 9. The first-order valence-electron chi connectivity index (χ1n) is 8.39. The number of hydrogen-bond acceptors (Lipinski definition) is 4. The zero-order valence-electron chi connectivity index (χ0n) is 15.3. The number of hydrogen-bond donors (Lipinski definition) is 0. The highest BCUT2D eigenvalue weighted by molar-refractivity contribution is 6.55. The van der Waals surface area contributed by atoms with E-state index in [1.807, 2.05) is 38.1 Å². The Kier molecular flexibility index (Phi) is 9.26. The number of nitrogens with zero attached hydrogens (tertiary/aromatic N) is 1. The predicted octanol–water partition coefficient (Wildman–Crippen LogP) is 7.03. The summed E-state index contributed by atoms with van der Waals surface area (Å²) in [6.45, 7) is 4.34. The van der Waals surface area contributed by atoms with E-state index in [9.17, 15) is 0 Å². The molecule has 0 aliphatic rings. The summed E-state index contributed by atoms with van der Waals surface area (Å²) >= 11 is 23.6. The van der Waals surface area contributed by atoms with E-state index in [4.69, 9.17) is 60.7 Å². The number of oxime groups is 1. The first-order chi connectivity index (χ1) is 13.3. The summed E-state index contributed by atoms with van der Waals surface area (Å²) in [5, 5.41) is 4.60. The molecular weight excluding hydrogens is 444 g/mol. The SMILES string of the molecule is CC(C)ON=Cc1ccc(COc2c(Cl)cc(OCC=C(Cl)Cl)cc2Cl)cc1. The van der Waals surface area contributed by atoms with E-state index < -0.39 is 0 Å². The van der Waals surface area contributed by atoms with Crippen LogP contribution in [0.1, 0.15) is 25.0 Å². The quantitative estimate of drug-likeness (QED) is 0.296. The second-order valence-corrected chi connectivity index (χ2v) is 7.76. The normalized spacial score (nSPS) is 11.0. The van der Waals surface area contributed by atoms with Crippen LogP contribution in [-0.4, -0.2) is 18.9 Å². The van der Waals surface area contributed by atoms with Gasteiger partial charge in [0.25, 0.3) is 0 Å². The highest BCUT2D eigenvalue weighted by atomic mass is 35.5. The summed E-state index contributed by atoms with van der Waals surface area (Å²) in [4.78, 5) is 5.14. The van der Waals surface area contributed by atoms with E-state index in [-0.39, 0.29) is 17.2 Å². The first kappa shape index (κ1) is 22.7. The number of benzene rings is 2. The maximum absolute atomic E-state index is 6.26. The van der Waals surface area contributed by atoms with Crippen molar-refractivity contribution in [2.45, 2.75) is 26.6 Å². The fraction of sp³-hybridized carbons (Fsp3) is 0.250. The van der Waals surface area contributed by atoms with Crippen molar-refractivity contribution < 1.29 is 14.3 Å². The van der Waals surface area contributed by atoms with Crippen LogP contribution in [0.2, 0.25) is 10.0 Å². The lowest BCUT2D eigenvalue weighted by Gasteiger charge is -2.12. The van der Waals surface area contributed by atoms with Gasteiger partial charge in [-0.2, -0.15) is 0 Å². The van der Waals surface area contributed by atoms with Crippen molar-refractivity contribution in [3.05, 3.63) is 68.1 Å². The van der Waals surface area contributed by atoms with E-state index in [1.165, 1.54) is 6.08 Å². The molecule has 2 aromatic carbocycles. The van der Waals surface area contributed by atoms with Crippen LogP contribution in [0.25, 0.3) is 0 Å². The lowest BCUT2D eigenvalue weighted by molar-refractivity contribution is 0.0874. The third kappa shape index (κ3) is 7.80. The molecule has 0 aromatic heterocycles. The molecule has 0 fully saturated rings. The molecule has 2 rings (SSSR count). The Morgan fingerprint density at radius 1 is 1.04 bits per heavy atom. The van der Waals surface area contributed by atoms with E-state index >= 15 is 0 Å². The molecular formula is C20H19Cl4NO3. The first-order valence-corrected chi connectivity index (χ1v) is 9.90. The Morgan fingerprint density at radius 3 is 2.25 bits per heavy atom. The minimum atomic E-state index is 0.0461. The smallest absolute Gasteiger partial charge is 0.157 e. The zero-order chi connectivity index (χ0) is 20.5. The lowest BCUT2D eigenvalue weighted by atomic mass is 10.1. The molecule has 8 heteroatoms. The van der Waals surface area contributed by atoms with Crippen LogP contribution in [-0.2, 0) is 11.4 Å². The maximum Gasteiger partial charge on any atom is 0.157 e. The largest absolute Gasteiger partial charge is 0.489 e. The van der Waals surface area contributed by atoms with Crippen LogP contribution in [0.4, 0.5) is 0 Å². The van der Waals surface area contributed by atoms with Crippen molar-refractivity contribution in [2.75, 3.05) is 6.61 Å². The Labute approximate surface area is 184 Å². The van der Waals surface area contributed by atoms with Gasteiger partial charge in [0.15, 0.2) is 5.75 Å². The maximum atomic E-state index is 6.26. The molecule has 0 heterocycles. The standard InChI is InChI=1S/C20H19Cl4NO3/c1-13(2)28-25-11-14-3-5-15(6-4-14)12-27-20-17(21)9-16(10-18(20)22)26-8-7-19(23)24/h3-7,9-11,13H,8,12H2,1-2H3. The minimum Gasteiger partial charge on any atom is -0.489 e. The van der Waals surface area contributed by atoms with Gasteiger partial charge in [-0.25, -0.2) is 0 Å². The summed E-state index contributed by atoms with van der Waals surface area (Å²) in [6.07, 6.45) is 3.22. The van der Waals surface area contributed by atoms with Gasteiger partial charge in [0, 0.05) is 12.1 Å². The van der Waals surface area contributed by atoms with Crippen LogP contribution in [0.3, 0.4) is 0 Å². The third-order valence-electron chi connectivity index (χ3n) is 3.30. The van der Waals surface area contributed by atoms with Gasteiger partial charge in [-0.3, -0.25) is 0 Å². The second-order valence-electron chi connectivity index (χ2n) is 5.94. The summed E-state index contributed by atoms with van der Waals surface area (Å²) in [7, 11) is 0. The van der Waals surface area contributed by atoms with E-state index in [2.05, 4.69) is 5.16 Å². The molecule has 0 aliphatic carbocycles.